The van der Waals surface area contributed by atoms with Crippen molar-refractivity contribution in [2.45, 2.75) is 19.8 Å². The number of amides is 1. The van der Waals surface area contributed by atoms with Crippen molar-refractivity contribution in [2.75, 3.05) is 19.1 Å². The van der Waals surface area contributed by atoms with Crippen LogP contribution in [0.3, 0.4) is 0 Å². The lowest BCUT2D eigenvalue weighted by atomic mass is 10.2. The zero-order valence-electron chi connectivity index (χ0n) is 10.7. The van der Waals surface area contributed by atoms with Crippen LogP contribution in [0.1, 0.15) is 19.8 Å². The summed E-state index contributed by atoms with van der Waals surface area (Å²) >= 11 is 5.99. The molecule has 0 aliphatic rings. The Morgan fingerprint density at radius 1 is 1.33 bits per heavy atom. The van der Waals surface area contributed by atoms with Crippen LogP contribution in [-0.2, 0) is 9.59 Å². The van der Waals surface area contributed by atoms with E-state index in [0.717, 1.165) is 0 Å². The minimum Gasteiger partial charge on any atom is -0.495 e. The van der Waals surface area contributed by atoms with Crippen molar-refractivity contribution in [3.63, 3.8) is 0 Å². The molecule has 1 aromatic carbocycles. The standard InChI is InChI=1S/C13H16ClNO3/c1-9(16)4-7-13(17)15(2)10-5-6-12(18-3)11(14)8-10/h5-6,8H,4,7H2,1-3H3. The Kier molecular flexibility index (Phi) is 5.16. The van der Waals surface area contributed by atoms with Crippen molar-refractivity contribution in [1.29, 1.82) is 0 Å². The van der Waals surface area contributed by atoms with E-state index < -0.39 is 0 Å². The number of methoxy groups -OCH3 is 1. The maximum absolute atomic E-state index is 11.8. The molecule has 1 amide bonds. The molecule has 0 heterocycles. The van der Waals surface area contributed by atoms with Gasteiger partial charge in [-0.3, -0.25) is 4.79 Å². The molecule has 4 nitrogen and oxygen atoms in total. The molecular weight excluding hydrogens is 254 g/mol. The summed E-state index contributed by atoms with van der Waals surface area (Å²) in [6.45, 7) is 1.47. The molecule has 0 saturated heterocycles. The zero-order chi connectivity index (χ0) is 13.7. The third-order valence-corrected chi connectivity index (χ3v) is 2.88. The molecule has 18 heavy (non-hydrogen) atoms. The molecule has 0 atom stereocenters. The van der Waals surface area contributed by atoms with E-state index in [9.17, 15) is 9.59 Å². The first kappa shape index (κ1) is 14.5. The van der Waals surface area contributed by atoms with Crippen molar-refractivity contribution in [1.82, 2.24) is 0 Å². The van der Waals surface area contributed by atoms with Gasteiger partial charge in [0, 0.05) is 25.6 Å². The van der Waals surface area contributed by atoms with E-state index in [1.54, 1.807) is 25.2 Å². The van der Waals surface area contributed by atoms with Crippen LogP contribution in [0, 0.1) is 0 Å². The molecule has 5 heteroatoms. The lowest BCUT2D eigenvalue weighted by Gasteiger charge is -2.18. The molecule has 1 aromatic rings. The van der Waals surface area contributed by atoms with Crippen LogP contribution in [0.5, 0.6) is 5.75 Å². The van der Waals surface area contributed by atoms with E-state index >= 15 is 0 Å². The number of benzene rings is 1. The molecule has 0 bridgehead atoms. The maximum Gasteiger partial charge on any atom is 0.227 e. The predicted molar refractivity (Wildman–Crippen MR) is 71.3 cm³/mol. The maximum atomic E-state index is 11.8. The van der Waals surface area contributed by atoms with Crippen molar-refractivity contribution >= 4 is 29.0 Å². The molecule has 1 rings (SSSR count). The largest absolute Gasteiger partial charge is 0.495 e. The molecule has 0 aliphatic carbocycles. The van der Waals surface area contributed by atoms with Crippen molar-refractivity contribution < 1.29 is 14.3 Å². The molecule has 0 aliphatic heterocycles. The van der Waals surface area contributed by atoms with Crippen LogP contribution in [0.2, 0.25) is 5.02 Å². The lowest BCUT2D eigenvalue weighted by Crippen LogP contribution is -2.26. The number of anilines is 1. The number of nitrogens with zero attached hydrogens (tertiary/aromatic N) is 1. The highest BCUT2D eigenvalue weighted by molar-refractivity contribution is 6.32. The van der Waals surface area contributed by atoms with Crippen LogP contribution < -0.4 is 9.64 Å². The van der Waals surface area contributed by atoms with Crippen molar-refractivity contribution in [3.05, 3.63) is 23.2 Å². The fraction of sp³-hybridized carbons (Fsp3) is 0.385. The first-order valence-electron chi connectivity index (χ1n) is 5.55. The molecule has 98 valence electrons. The van der Waals surface area contributed by atoms with E-state index in [1.807, 2.05) is 0 Å². The van der Waals surface area contributed by atoms with Gasteiger partial charge in [0.15, 0.2) is 0 Å². The minimum atomic E-state index is -0.119. The second kappa shape index (κ2) is 6.40. The molecule has 0 spiro atoms. The monoisotopic (exact) mass is 269 g/mol. The Morgan fingerprint density at radius 2 is 2.00 bits per heavy atom. The fourth-order valence-corrected chi connectivity index (χ4v) is 1.71. The minimum absolute atomic E-state index is 0.00418. The topological polar surface area (TPSA) is 46.6 Å². The number of ketones is 1. The van der Waals surface area contributed by atoms with Gasteiger partial charge in [-0.2, -0.15) is 0 Å². The average molecular weight is 270 g/mol. The molecule has 0 fully saturated rings. The van der Waals surface area contributed by atoms with E-state index in [4.69, 9.17) is 16.3 Å². The Morgan fingerprint density at radius 3 is 2.50 bits per heavy atom. The number of rotatable bonds is 5. The Hall–Kier alpha value is -1.55. The summed E-state index contributed by atoms with van der Waals surface area (Å²) in [4.78, 5) is 24.1. The highest BCUT2D eigenvalue weighted by atomic mass is 35.5. The number of hydrogen-bond donors (Lipinski definition) is 0. The van der Waals surface area contributed by atoms with Crippen LogP contribution in [-0.4, -0.2) is 25.8 Å². The first-order chi connectivity index (χ1) is 8.45. The van der Waals surface area contributed by atoms with Crippen molar-refractivity contribution in [3.8, 4) is 5.75 Å². The van der Waals surface area contributed by atoms with Gasteiger partial charge in [0.05, 0.1) is 12.1 Å². The van der Waals surface area contributed by atoms with E-state index in [0.29, 0.717) is 16.5 Å². The van der Waals surface area contributed by atoms with Gasteiger partial charge >= 0.3 is 0 Å². The molecule has 0 N–H and O–H groups in total. The van der Waals surface area contributed by atoms with Gasteiger partial charge < -0.3 is 14.4 Å². The summed E-state index contributed by atoms with van der Waals surface area (Å²) in [5.74, 6) is 0.445. The Balaban J connectivity index is 2.77. The smallest absolute Gasteiger partial charge is 0.227 e. The van der Waals surface area contributed by atoms with E-state index in [-0.39, 0.29) is 24.5 Å². The molecule has 0 unspecified atom stereocenters. The van der Waals surface area contributed by atoms with Gasteiger partial charge in [0.25, 0.3) is 0 Å². The third kappa shape index (κ3) is 3.74. The van der Waals surface area contributed by atoms with Crippen LogP contribution in [0.15, 0.2) is 18.2 Å². The summed E-state index contributed by atoms with van der Waals surface area (Å²) in [6.07, 6.45) is 0.461. The van der Waals surface area contributed by atoms with Gasteiger partial charge in [-0.05, 0) is 25.1 Å². The van der Waals surface area contributed by atoms with Crippen LogP contribution in [0.4, 0.5) is 5.69 Å². The SMILES string of the molecule is COc1ccc(N(C)C(=O)CCC(C)=O)cc1Cl. The van der Waals surface area contributed by atoms with Crippen LogP contribution >= 0.6 is 11.6 Å². The summed E-state index contributed by atoms with van der Waals surface area (Å²) in [5.41, 5.74) is 0.675. The summed E-state index contributed by atoms with van der Waals surface area (Å²) in [7, 11) is 3.18. The molecular formula is C13H16ClNO3. The number of Topliss-reactive ketones (excluding diaryl/α,β-unsaturated/α-hetero) is 1. The van der Waals surface area contributed by atoms with Gasteiger partial charge in [-0.25, -0.2) is 0 Å². The molecule has 0 aromatic heterocycles. The summed E-state index contributed by atoms with van der Waals surface area (Å²) < 4.78 is 5.04. The average Bonchev–Trinajstić information content (AvgIpc) is 2.34. The van der Waals surface area contributed by atoms with Crippen molar-refractivity contribution in [2.24, 2.45) is 0 Å². The van der Waals surface area contributed by atoms with E-state index in [2.05, 4.69) is 0 Å². The van der Waals surface area contributed by atoms with E-state index in [1.165, 1.54) is 18.9 Å². The molecule has 0 radical (unpaired) electrons. The third-order valence-electron chi connectivity index (χ3n) is 2.59. The van der Waals surface area contributed by atoms with Gasteiger partial charge in [-0.1, -0.05) is 11.6 Å². The van der Waals surface area contributed by atoms with Gasteiger partial charge in [-0.15, -0.1) is 0 Å². The highest BCUT2D eigenvalue weighted by Crippen LogP contribution is 2.28. The summed E-state index contributed by atoms with van der Waals surface area (Å²) in [6, 6.07) is 5.11. The zero-order valence-corrected chi connectivity index (χ0v) is 11.5. The van der Waals surface area contributed by atoms with Crippen LogP contribution in [0.25, 0.3) is 0 Å². The first-order valence-corrected chi connectivity index (χ1v) is 5.93. The fourth-order valence-electron chi connectivity index (χ4n) is 1.46. The van der Waals surface area contributed by atoms with Gasteiger partial charge in [0.1, 0.15) is 11.5 Å². The summed E-state index contributed by atoms with van der Waals surface area (Å²) in [5, 5.41) is 0.446. The highest BCUT2D eigenvalue weighted by Gasteiger charge is 2.13. The predicted octanol–water partition coefficient (Wildman–Crippen LogP) is 2.68. The van der Waals surface area contributed by atoms with Gasteiger partial charge in [0.2, 0.25) is 5.91 Å². The normalized spacial score (nSPS) is 10.0. The Bertz CT molecular complexity index is 460. The number of carbonyl (C=O) groups excluding carboxylic acids is 2. The number of ether oxygens (including phenoxy) is 1. The molecule has 0 saturated carbocycles. The second-order valence-corrected chi connectivity index (χ2v) is 4.38. The number of halogens is 1. The second-order valence-electron chi connectivity index (χ2n) is 3.97. The lowest BCUT2D eigenvalue weighted by molar-refractivity contribution is -0.122. The number of hydrogen-bond acceptors (Lipinski definition) is 3. The quantitative estimate of drug-likeness (QED) is 0.826. The Labute approximate surface area is 111 Å². The number of carbonyl (C=O) groups is 2.